The lowest BCUT2D eigenvalue weighted by molar-refractivity contribution is -0.139. The number of nitrogens with zero attached hydrogens (tertiary/aromatic N) is 1. The normalized spacial score (nSPS) is 16.7. The highest BCUT2D eigenvalue weighted by Gasteiger charge is 2.38. The molecule has 0 aliphatic carbocycles. The molecular formula is C22H26FN3O5S. The van der Waals surface area contributed by atoms with Crippen LogP contribution >= 0.6 is 0 Å². The monoisotopic (exact) mass is 463 g/mol. The standard InChI is InChI=1S/C22H26FN3O5S/c1-14-10-15(2)20(16(3)11-14)32(29,30)26-8-9-31-19(26)13-25-22(28)21(27)24-12-17-4-6-18(23)7-5-17/h4-7,10-11,19H,8-9,12-13H2,1-3H3,(H,24,27)(H,25,28)/t19-/m0/s1. The van der Waals surface area contributed by atoms with Crippen molar-refractivity contribution >= 4 is 21.8 Å². The third-order valence-electron chi connectivity index (χ3n) is 5.12. The van der Waals surface area contributed by atoms with Gasteiger partial charge in [-0.3, -0.25) is 9.59 Å². The first-order valence-electron chi connectivity index (χ1n) is 10.1. The van der Waals surface area contributed by atoms with Gasteiger partial charge < -0.3 is 15.4 Å². The third kappa shape index (κ3) is 5.32. The Hall–Kier alpha value is -2.82. The smallest absolute Gasteiger partial charge is 0.309 e. The number of carbonyl (C=O) groups excluding carboxylic acids is 2. The molecular weight excluding hydrogens is 437 g/mol. The van der Waals surface area contributed by atoms with Crippen LogP contribution < -0.4 is 10.6 Å². The van der Waals surface area contributed by atoms with Crippen molar-refractivity contribution in [3.63, 3.8) is 0 Å². The zero-order valence-corrected chi connectivity index (χ0v) is 19.0. The highest BCUT2D eigenvalue weighted by molar-refractivity contribution is 7.89. The Bertz CT molecular complexity index is 1100. The molecule has 1 fully saturated rings. The number of hydrogen-bond acceptors (Lipinski definition) is 5. The molecule has 0 bridgehead atoms. The first-order valence-corrected chi connectivity index (χ1v) is 11.6. The Morgan fingerprint density at radius 2 is 1.66 bits per heavy atom. The molecule has 2 amide bonds. The van der Waals surface area contributed by atoms with E-state index in [0.29, 0.717) is 16.7 Å². The second kappa shape index (κ2) is 9.76. The van der Waals surface area contributed by atoms with Crippen molar-refractivity contribution in [1.29, 1.82) is 0 Å². The van der Waals surface area contributed by atoms with Crippen LogP contribution in [-0.4, -0.2) is 50.5 Å². The van der Waals surface area contributed by atoms with Gasteiger partial charge in [0.2, 0.25) is 10.0 Å². The molecule has 0 saturated carbocycles. The zero-order chi connectivity index (χ0) is 23.5. The summed E-state index contributed by atoms with van der Waals surface area (Å²) in [4.78, 5) is 24.4. The van der Waals surface area contributed by atoms with E-state index >= 15 is 0 Å². The van der Waals surface area contributed by atoms with E-state index in [-0.39, 0.29) is 31.1 Å². The minimum Gasteiger partial charge on any atom is -0.359 e. The molecule has 1 aliphatic rings. The van der Waals surface area contributed by atoms with Crippen LogP contribution in [0.4, 0.5) is 4.39 Å². The number of hydrogen-bond donors (Lipinski definition) is 2. The number of nitrogens with one attached hydrogen (secondary N) is 2. The lowest BCUT2D eigenvalue weighted by Crippen LogP contribution is -2.47. The lowest BCUT2D eigenvalue weighted by Gasteiger charge is -2.24. The molecule has 3 rings (SSSR count). The van der Waals surface area contributed by atoms with E-state index in [0.717, 1.165) is 5.56 Å². The number of rotatable bonds is 6. The molecule has 2 N–H and O–H groups in total. The van der Waals surface area contributed by atoms with Gasteiger partial charge in [0.15, 0.2) is 0 Å². The van der Waals surface area contributed by atoms with E-state index in [2.05, 4.69) is 10.6 Å². The first-order chi connectivity index (χ1) is 15.1. The molecule has 1 aliphatic heterocycles. The molecule has 2 aromatic rings. The molecule has 0 spiro atoms. The van der Waals surface area contributed by atoms with Crippen molar-refractivity contribution in [2.75, 3.05) is 19.7 Å². The van der Waals surface area contributed by atoms with Crippen LogP contribution in [0.25, 0.3) is 0 Å². The van der Waals surface area contributed by atoms with Gasteiger partial charge in [-0.05, 0) is 49.6 Å². The number of benzene rings is 2. The quantitative estimate of drug-likeness (QED) is 0.633. The highest BCUT2D eigenvalue weighted by Crippen LogP contribution is 2.28. The van der Waals surface area contributed by atoms with E-state index in [4.69, 9.17) is 4.74 Å². The van der Waals surface area contributed by atoms with Crippen molar-refractivity contribution in [3.05, 3.63) is 64.5 Å². The number of sulfonamides is 1. The first kappa shape index (κ1) is 23.8. The fourth-order valence-corrected chi connectivity index (χ4v) is 5.68. The van der Waals surface area contributed by atoms with E-state index < -0.39 is 33.9 Å². The van der Waals surface area contributed by atoms with Crippen LogP contribution in [0.1, 0.15) is 22.3 Å². The SMILES string of the molecule is Cc1cc(C)c(S(=O)(=O)N2CCO[C@H]2CNC(=O)C(=O)NCc2ccc(F)cc2)c(C)c1. The molecule has 8 nitrogen and oxygen atoms in total. The largest absolute Gasteiger partial charge is 0.359 e. The minimum absolute atomic E-state index is 0.0545. The van der Waals surface area contributed by atoms with Gasteiger partial charge in [-0.15, -0.1) is 0 Å². The molecule has 32 heavy (non-hydrogen) atoms. The van der Waals surface area contributed by atoms with Gasteiger partial charge in [0.25, 0.3) is 0 Å². The Balaban J connectivity index is 1.61. The molecule has 172 valence electrons. The maximum atomic E-state index is 13.3. The highest BCUT2D eigenvalue weighted by atomic mass is 32.2. The summed E-state index contributed by atoms with van der Waals surface area (Å²) in [5, 5.41) is 4.85. The molecule has 1 heterocycles. The summed E-state index contributed by atoms with van der Waals surface area (Å²) in [6.45, 7) is 5.59. The van der Waals surface area contributed by atoms with Gasteiger partial charge >= 0.3 is 11.8 Å². The number of ether oxygens (including phenoxy) is 1. The second-order valence-electron chi connectivity index (χ2n) is 7.69. The molecule has 0 unspecified atom stereocenters. The molecule has 0 aromatic heterocycles. The van der Waals surface area contributed by atoms with Crippen molar-refractivity contribution in [3.8, 4) is 0 Å². The maximum absolute atomic E-state index is 13.3. The second-order valence-corrected chi connectivity index (χ2v) is 9.52. The molecule has 10 heteroatoms. The topological polar surface area (TPSA) is 105 Å². The Morgan fingerprint density at radius 1 is 1.06 bits per heavy atom. The molecule has 2 aromatic carbocycles. The Morgan fingerprint density at radius 3 is 2.28 bits per heavy atom. The zero-order valence-electron chi connectivity index (χ0n) is 18.1. The summed E-state index contributed by atoms with van der Waals surface area (Å²) in [5.74, 6) is -2.19. The summed E-state index contributed by atoms with van der Waals surface area (Å²) in [6, 6.07) is 9.12. The van der Waals surface area contributed by atoms with Crippen LogP contribution in [0, 0.1) is 26.6 Å². The summed E-state index contributed by atoms with van der Waals surface area (Å²) >= 11 is 0. The number of aryl methyl sites for hydroxylation is 3. The summed E-state index contributed by atoms with van der Waals surface area (Å²) in [6.07, 6.45) is -0.922. The van der Waals surface area contributed by atoms with Gasteiger partial charge in [-0.2, -0.15) is 4.31 Å². The van der Waals surface area contributed by atoms with Crippen LogP contribution in [0.5, 0.6) is 0 Å². The van der Waals surface area contributed by atoms with E-state index in [1.165, 1.54) is 28.6 Å². The van der Waals surface area contributed by atoms with Gasteiger partial charge in [-0.25, -0.2) is 12.8 Å². The van der Waals surface area contributed by atoms with Crippen LogP contribution in [0.3, 0.4) is 0 Å². The average Bonchev–Trinajstić information content (AvgIpc) is 3.20. The number of halogens is 1. The van der Waals surface area contributed by atoms with E-state index in [1.54, 1.807) is 26.0 Å². The maximum Gasteiger partial charge on any atom is 0.309 e. The molecule has 0 radical (unpaired) electrons. The summed E-state index contributed by atoms with van der Waals surface area (Å²) in [5.41, 5.74) is 2.87. The predicted octanol–water partition coefficient (Wildman–Crippen LogP) is 1.53. The third-order valence-corrected chi connectivity index (χ3v) is 7.32. The molecule has 1 atom stereocenters. The van der Waals surface area contributed by atoms with Crippen LogP contribution in [0.15, 0.2) is 41.3 Å². The van der Waals surface area contributed by atoms with Crippen molar-refractivity contribution in [1.82, 2.24) is 14.9 Å². The Labute approximate surface area is 186 Å². The molecule has 1 saturated heterocycles. The van der Waals surface area contributed by atoms with Crippen molar-refractivity contribution in [2.45, 2.75) is 38.4 Å². The van der Waals surface area contributed by atoms with Gasteiger partial charge in [0.1, 0.15) is 12.0 Å². The van der Waals surface area contributed by atoms with Crippen molar-refractivity contribution < 1.29 is 27.1 Å². The summed E-state index contributed by atoms with van der Waals surface area (Å²) < 4.78 is 46.2. The van der Waals surface area contributed by atoms with Crippen molar-refractivity contribution in [2.24, 2.45) is 0 Å². The van der Waals surface area contributed by atoms with Gasteiger partial charge in [0, 0.05) is 13.1 Å². The van der Waals surface area contributed by atoms with Crippen LogP contribution in [-0.2, 0) is 30.9 Å². The minimum atomic E-state index is -3.86. The van der Waals surface area contributed by atoms with E-state index in [1.807, 2.05) is 6.92 Å². The fourth-order valence-electron chi connectivity index (χ4n) is 3.76. The van der Waals surface area contributed by atoms with Crippen LogP contribution in [0.2, 0.25) is 0 Å². The lowest BCUT2D eigenvalue weighted by atomic mass is 10.1. The number of carbonyl (C=O) groups is 2. The van der Waals surface area contributed by atoms with E-state index in [9.17, 15) is 22.4 Å². The number of amides is 2. The van der Waals surface area contributed by atoms with Gasteiger partial charge in [-0.1, -0.05) is 29.8 Å². The predicted molar refractivity (Wildman–Crippen MR) is 116 cm³/mol. The van der Waals surface area contributed by atoms with Gasteiger partial charge in [0.05, 0.1) is 18.0 Å². The Kier molecular flexibility index (Phi) is 7.27. The fraction of sp³-hybridized carbons (Fsp3) is 0.364. The average molecular weight is 464 g/mol. The summed E-state index contributed by atoms with van der Waals surface area (Å²) in [7, 11) is -3.86.